The molecule has 0 atom stereocenters. The first-order valence-electron chi connectivity index (χ1n) is 11.1. The fourth-order valence-corrected chi connectivity index (χ4v) is 4.94. The van der Waals surface area contributed by atoms with Gasteiger partial charge in [0.15, 0.2) is 0 Å². The Kier molecular flexibility index (Phi) is 7.09. The number of hydrogen-bond donors (Lipinski definition) is 1. The molecule has 2 fully saturated rings. The van der Waals surface area contributed by atoms with E-state index in [0.717, 1.165) is 60.6 Å². The molecule has 0 bridgehead atoms. The van der Waals surface area contributed by atoms with Crippen LogP contribution in [0.5, 0.6) is 5.75 Å². The van der Waals surface area contributed by atoms with Gasteiger partial charge in [-0.1, -0.05) is 19.4 Å². The van der Waals surface area contributed by atoms with E-state index in [0.29, 0.717) is 16.3 Å². The highest BCUT2D eigenvalue weighted by Gasteiger charge is 2.25. The molecule has 2 amide bonds. The van der Waals surface area contributed by atoms with Gasteiger partial charge in [-0.2, -0.15) is 0 Å². The van der Waals surface area contributed by atoms with Crippen LogP contribution in [0.3, 0.4) is 0 Å². The summed E-state index contributed by atoms with van der Waals surface area (Å²) in [4.78, 5) is 35.4. The maximum Gasteiger partial charge on any atom is 0.290 e. The first-order chi connectivity index (χ1) is 15.6. The molecular formula is C24H28N4O3S. The van der Waals surface area contributed by atoms with Gasteiger partial charge in [0.25, 0.3) is 11.1 Å². The first kappa shape index (κ1) is 22.3. The zero-order valence-corrected chi connectivity index (χ0v) is 19.3. The third-order valence-electron chi connectivity index (χ3n) is 6.04. The summed E-state index contributed by atoms with van der Waals surface area (Å²) in [6, 6.07) is 5.61. The third kappa shape index (κ3) is 5.12. The Morgan fingerprint density at radius 2 is 2.00 bits per heavy atom. The minimum absolute atomic E-state index is 0.355. The minimum Gasteiger partial charge on any atom is -0.496 e. The van der Waals surface area contributed by atoms with Gasteiger partial charge in [-0.05, 0) is 67.1 Å². The summed E-state index contributed by atoms with van der Waals surface area (Å²) >= 11 is 0.902. The Morgan fingerprint density at radius 3 is 2.66 bits per heavy atom. The lowest BCUT2D eigenvalue weighted by molar-refractivity contribution is -0.115. The van der Waals surface area contributed by atoms with Crippen LogP contribution in [0.2, 0.25) is 0 Å². The van der Waals surface area contributed by atoms with Gasteiger partial charge in [0.2, 0.25) is 0 Å². The molecule has 7 nitrogen and oxygen atoms in total. The molecule has 1 N–H and O–H groups in total. The number of hydrogen-bond acceptors (Lipinski definition) is 7. The van der Waals surface area contributed by atoms with Crippen molar-refractivity contribution in [1.82, 2.24) is 15.3 Å². The topological polar surface area (TPSA) is 84.4 Å². The van der Waals surface area contributed by atoms with E-state index in [-0.39, 0.29) is 11.1 Å². The van der Waals surface area contributed by atoms with E-state index in [9.17, 15) is 9.59 Å². The summed E-state index contributed by atoms with van der Waals surface area (Å²) in [6.45, 7) is 4.25. The second-order valence-electron chi connectivity index (χ2n) is 8.12. The summed E-state index contributed by atoms with van der Waals surface area (Å²) in [5, 5.41) is 1.93. The molecule has 1 aromatic carbocycles. The number of imide groups is 1. The van der Waals surface area contributed by atoms with Crippen LogP contribution in [0.4, 0.5) is 10.6 Å². The SMILES string of the molecule is CCC1CCCN(c2cncc(-c3cc(C=C4SC(=O)NC4=O)ccc3OC)n2)CCC1. The minimum atomic E-state index is -0.374. The lowest BCUT2D eigenvalue weighted by atomic mass is 9.93. The van der Waals surface area contributed by atoms with Crippen molar-refractivity contribution >= 4 is 34.8 Å². The molecule has 0 aliphatic carbocycles. The number of amides is 2. The molecule has 2 aliphatic heterocycles. The average molecular weight is 453 g/mol. The molecule has 3 heterocycles. The van der Waals surface area contributed by atoms with Gasteiger partial charge in [-0.3, -0.25) is 19.9 Å². The highest BCUT2D eigenvalue weighted by molar-refractivity contribution is 8.18. The van der Waals surface area contributed by atoms with E-state index in [1.54, 1.807) is 19.4 Å². The maximum atomic E-state index is 11.9. The van der Waals surface area contributed by atoms with Crippen molar-refractivity contribution in [3.8, 4) is 17.0 Å². The number of rotatable bonds is 5. The zero-order valence-electron chi connectivity index (χ0n) is 18.5. The molecule has 0 saturated carbocycles. The van der Waals surface area contributed by atoms with E-state index in [1.165, 1.54) is 19.3 Å². The van der Waals surface area contributed by atoms with Gasteiger partial charge in [0.1, 0.15) is 11.6 Å². The van der Waals surface area contributed by atoms with Crippen molar-refractivity contribution in [3.63, 3.8) is 0 Å². The summed E-state index contributed by atoms with van der Waals surface area (Å²) in [5.74, 6) is 2.02. The number of carbonyl (C=O) groups excluding carboxylic acids is 2. The summed E-state index contributed by atoms with van der Waals surface area (Å²) in [7, 11) is 1.62. The molecule has 4 rings (SSSR count). The molecule has 0 unspecified atom stereocenters. The second kappa shape index (κ2) is 10.2. The first-order valence-corrected chi connectivity index (χ1v) is 11.9. The summed E-state index contributed by atoms with van der Waals surface area (Å²) in [6.07, 6.45) is 11.4. The number of ether oxygens (including phenoxy) is 1. The molecular weight excluding hydrogens is 424 g/mol. The van der Waals surface area contributed by atoms with Crippen molar-refractivity contribution in [2.24, 2.45) is 5.92 Å². The van der Waals surface area contributed by atoms with Crippen LogP contribution in [0, 0.1) is 5.92 Å². The van der Waals surface area contributed by atoms with Crippen molar-refractivity contribution in [3.05, 3.63) is 41.1 Å². The number of nitrogens with zero attached hydrogens (tertiary/aromatic N) is 3. The lowest BCUT2D eigenvalue weighted by Crippen LogP contribution is -2.29. The van der Waals surface area contributed by atoms with Gasteiger partial charge in [0.05, 0.1) is 30.1 Å². The van der Waals surface area contributed by atoms with Gasteiger partial charge in [0, 0.05) is 18.7 Å². The maximum absolute atomic E-state index is 11.9. The molecule has 8 heteroatoms. The van der Waals surface area contributed by atoms with E-state index in [1.807, 2.05) is 24.4 Å². The molecule has 2 aliphatic rings. The number of anilines is 1. The van der Waals surface area contributed by atoms with Crippen molar-refractivity contribution in [1.29, 1.82) is 0 Å². The van der Waals surface area contributed by atoms with Gasteiger partial charge in [-0.15, -0.1) is 0 Å². The fraction of sp³-hybridized carbons (Fsp3) is 0.417. The number of thioether (sulfide) groups is 1. The Balaban J connectivity index is 1.61. The van der Waals surface area contributed by atoms with Crippen molar-refractivity contribution in [2.45, 2.75) is 39.0 Å². The van der Waals surface area contributed by atoms with Crippen LogP contribution >= 0.6 is 11.8 Å². The summed E-state index contributed by atoms with van der Waals surface area (Å²) in [5.41, 5.74) is 2.30. The molecule has 32 heavy (non-hydrogen) atoms. The standard InChI is InChI=1S/C24H28N4O3S/c1-3-16-6-4-10-28(11-5-7-16)22-15-25-14-19(26-22)18-12-17(8-9-20(18)31-2)13-21-23(29)27-24(30)32-21/h8-9,12-16H,3-7,10-11H2,1-2H3,(H,27,29,30). The highest BCUT2D eigenvalue weighted by Crippen LogP contribution is 2.33. The largest absolute Gasteiger partial charge is 0.496 e. The van der Waals surface area contributed by atoms with Crippen molar-refractivity contribution in [2.75, 3.05) is 25.1 Å². The Bertz CT molecular complexity index is 1030. The van der Waals surface area contributed by atoms with Gasteiger partial charge in [-0.25, -0.2) is 4.98 Å². The lowest BCUT2D eigenvalue weighted by Gasteiger charge is -2.28. The van der Waals surface area contributed by atoms with Crippen molar-refractivity contribution < 1.29 is 14.3 Å². The van der Waals surface area contributed by atoms with Crippen LogP contribution in [0.15, 0.2) is 35.5 Å². The number of aromatic nitrogens is 2. The number of methoxy groups -OCH3 is 1. The smallest absolute Gasteiger partial charge is 0.290 e. The zero-order chi connectivity index (χ0) is 22.5. The number of nitrogens with one attached hydrogen (secondary N) is 1. The van der Waals surface area contributed by atoms with Crippen LogP contribution in [0.25, 0.3) is 17.3 Å². The predicted octanol–water partition coefficient (Wildman–Crippen LogP) is 4.88. The van der Waals surface area contributed by atoms with E-state index in [2.05, 4.69) is 22.1 Å². The van der Waals surface area contributed by atoms with E-state index >= 15 is 0 Å². The molecule has 1 aromatic heterocycles. The van der Waals surface area contributed by atoms with Crippen LogP contribution in [0.1, 0.15) is 44.6 Å². The molecule has 2 aromatic rings. The van der Waals surface area contributed by atoms with Gasteiger partial charge < -0.3 is 9.64 Å². The van der Waals surface area contributed by atoms with Crippen LogP contribution in [-0.4, -0.2) is 41.3 Å². The van der Waals surface area contributed by atoms with E-state index < -0.39 is 0 Å². The second-order valence-corrected chi connectivity index (χ2v) is 9.13. The quantitative estimate of drug-likeness (QED) is 0.647. The Morgan fingerprint density at radius 1 is 1.22 bits per heavy atom. The normalized spacial score (nSPS) is 19.1. The number of carbonyl (C=O) groups is 2. The van der Waals surface area contributed by atoms with E-state index in [4.69, 9.17) is 9.72 Å². The Labute approximate surface area is 192 Å². The summed E-state index contributed by atoms with van der Waals surface area (Å²) < 4.78 is 5.57. The monoisotopic (exact) mass is 452 g/mol. The molecule has 2 saturated heterocycles. The van der Waals surface area contributed by atoms with Gasteiger partial charge >= 0.3 is 0 Å². The number of benzene rings is 1. The average Bonchev–Trinajstić information content (AvgIpc) is 3.10. The molecule has 0 spiro atoms. The highest BCUT2D eigenvalue weighted by atomic mass is 32.2. The third-order valence-corrected chi connectivity index (χ3v) is 6.85. The fourth-order valence-electron chi connectivity index (χ4n) is 4.26. The molecule has 0 radical (unpaired) electrons. The molecule has 168 valence electrons. The predicted molar refractivity (Wildman–Crippen MR) is 128 cm³/mol. The Hall–Kier alpha value is -2.87. The van der Waals surface area contributed by atoms with Crippen LogP contribution in [-0.2, 0) is 4.79 Å². The van der Waals surface area contributed by atoms with Crippen LogP contribution < -0.4 is 15.0 Å².